The molecule has 0 aliphatic heterocycles. The molecule has 4 aromatic rings. The van der Waals surface area contributed by atoms with Gasteiger partial charge in [0.15, 0.2) is 6.61 Å². The van der Waals surface area contributed by atoms with Crippen molar-refractivity contribution < 1.29 is 23.5 Å². The summed E-state index contributed by atoms with van der Waals surface area (Å²) < 4.78 is 26.5. The summed E-state index contributed by atoms with van der Waals surface area (Å²) in [6.07, 6.45) is 4.67. The molecular weight excluding hydrogens is 439 g/mol. The van der Waals surface area contributed by atoms with Gasteiger partial charge < -0.3 is 24.7 Å². The number of halogens is 1. The Bertz CT molecular complexity index is 1290. The van der Waals surface area contributed by atoms with Gasteiger partial charge in [-0.15, -0.1) is 0 Å². The lowest BCUT2D eigenvalue weighted by Crippen LogP contribution is -2.20. The van der Waals surface area contributed by atoms with Gasteiger partial charge >= 0.3 is 0 Å². The van der Waals surface area contributed by atoms with Gasteiger partial charge in [0.05, 0.1) is 19.1 Å². The van der Waals surface area contributed by atoms with Crippen LogP contribution in [0.15, 0.2) is 85.5 Å². The molecular formula is C25H21FN4O4. The number of carbonyl (C=O) groups excluding carboxylic acids is 2. The van der Waals surface area contributed by atoms with E-state index in [2.05, 4.69) is 15.6 Å². The molecule has 3 aromatic carbocycles. The molecule has 1 heterocycles. The van der Waals surface area contributed by atoms with Gasteiger partial charge in [-0.05, 0) is 54.6 Å². The van der Waals surface area contributed by atoms with E-state index in [1.165, 1.54) is 17.0 Å². The van der Waals surface area contributed by atoms with Gasteiger partial charge in [0, 0.05) is 35.4 Å². The first-order chi connectivity index (χ1) is 16.5. The normalized spacial score (nSPS) is 10.4. The summed E-state index contributed by atoms with van der Waals surface area (Å²) in [5.74, 6) is -0.183. The molecule has 0 bridgehead atoms. The van der Waals surface area contributed by atoms with Crippen molar-refractivity contribution in [2.24, 2.45) is 0 Å². The van der Waals surface area contributed by atoms with Gasteiger partial charge in [-0.2, -0.15) is 0 Å². The molecule has 9 heteroatoms. The monoisotopic (exact) mass is 460 g/mol. The summed E-state index contributed by atoms with van der Waals surface area (Å²) >= 11 is 0. The molecule has 8 nitrogen and oxygen atoms in total. The number of amides is 2. The number of nitrogens with zero attached hydrogens (tertiary/aromatic N) is 2. The molecule has 2 amide bonds. The molecule has 0 aliphatic carbocycles. The molecule has 4 rings (SSSR count). The topological polar surface area (TPSA) is 94.5 Å². The number of carbonyl (C=O) groups is 2. The van der Waals surface area contributed by atoms with Crippen LogP contribution < -0.4 is 20.1 Å². The van der Waals surface area contributed by atoms with Crippen LogP contribution in [0, 0.1) is 5.82 Å². The Labute approximate surface area is 195 Å². The minimum atomic E-state index is -0.494. The van der Waals surface area contributed by atoms with Crippen LogP contribution in [0.1, 0.15) is 10.4 Å². The summed E-state index contributed by atoms with van der Waals surface area (Å²) in [4.78, 5) is 28.5. The zero-order valence-corrected chi connectivity index (χ0v) is 18.2. The van der Waals surface area contributed by atoms with Gasteiger partial charge in [0.1, 0.15) is 17.3 Å². The lowest BCUT2D eigenvalue weighted by Gasteiger charge is -2.10. The van der Waals surface area contributed by atoms with E-state index in [0.717, 1.165) is 0 Å². The zero-order chi connectivity index (χ0) is 23.9. The van der Waals surface area contributed by atoms with Crippen LogP contribution >= 0.6 is 0 Å². The number of hydrogen-bond acceptors (Lipinski definition) is 5. The van der Waals surface area contributed by atoms with Crippen LogP contribution in [0.2, 0.25) is 0 Å². The van der Waals surface area contributed by atoms with E-state index in [9.17, 15) is 14.0 Å². The van der Waals surface area contributed by atoms with Gasteiger partial charge in [-0.3, -0.25) is 9.59 Å². The smallest absolute Gasteiger partial charge is 0.262 e. The predicted molar refractivity (Wildman–Crippen MR) is 125 cm³/mol. The van der Waals surface area contributed by atoms with Crippen molar-refractivity contribution >= 4 is 23.2 Å². The second kappa shape index (κ2) is 10.3. The van der Waals surface area contributed by atoms with Crippen LogP contribution in [0.4, 0.5) is 15.8 Å². The number of anilines is 2. The van der Waals surface area contributed by atoms with E-state index >= 15 is 0 Å². The standard InChI is InChI=1S/C25H21FN4O4/c1-33-21-4-2-3-18(13-21)28-24(31)15-34-20-8-5-17(6-9-20)25(32)29-19-7-10-23(22(26)14-19)30-12-11-27-16-30/h2-14,16H,15H2,1H3,(H,28,31)(H,29,32). The maximum atomic E-state index is 14.4. The Kier molecular flexibility index (Phi) is 6.83. The first kappa shape index (κ1) is 22.5. The first-order valence-corrected chi connectivity index (χ1v) is 10.3. The molecule has 0 spiro atoms. The minimum Gasteiger partial charge on any atom is -0.497 e. The molecule has 34 heavy (non-hydrogen) atoms. The second-order valence-corrected chi connectivity index (χ2v) is 7.18. The number of benzene rings is 3. The summed E-state index contributed by atoms with van der Waals surface area (Å²) in [5, 5.41) is 5.38. The van der Waals surface area contributed by atoms with E-state index < -0.39 is 11.7 Å². The summed E-state index contributed by atoms with van der Waals surface area (Å²) in [6, 6.07) is 17.7. The van der Waals surface area contributed by atoms with Crippen molar-refractivity contribution in [2.75, 3.05) is 24.4 Å². The number of hydrogen-bond donors (Lipinski definition) is 2. The van der Waals surface area contributed by atoms with Gasteiger partial charge in [0.25, 0.3) is 11.8 Å². The Morgan fingerprint density at radius 3 is 2.47 bits per heavy atom. The van der Waals surface area contributed by atoms with Crippen LogP contribution in [0.5, 0.6) is 11.5 Å². The van der Waals surface area contributed by atoms with Gasteiger partial charge in [-0.1, -0.05) is 6.07 Å². The maximum absolute atomic E-state index is 14.4. The third kappa shape index (κ3) is 5.57. The molecule has 0 atom stereocenters. The Morgan fingerprint density at radius 1 is 0.971 bits per heavy atom. The van der Waals surface area contributed by atoms with Crippen molar-refractivity contribution in [3.63, 3.8) is 0 Å². The molecule has 0 unspecified atom stereocenters. The van der Waals surface area contributed by atoms with E-state index in [0.29, 0.717) is 34.1 Å². The number of aromatic nitrogens is 2. The molecule has 172 valence electrons. The Hall–Kier alpha value is -4.66. The summed E-state index contributed by atoms with van der Waals surface area (Å²) in [6.45, 7) is -0.203. The quantitative estimate of drug-likeness (QED) is 0.409. The van der Waals surface area contributed by atoms with Crippen molar-refractivity contribution in [3.05, 3.63) is 96.8 Å². The van der Waals surface area contributed by atoms with Crippen LogP contribution in [0.3, 0.4) is 0 Å². The molecule has 0 fully saturated rings. The Balaban J connectivity index is 1.31. The van der Waals surface area contributed by atoms with Gasteiger partial charge in [0.2, 0.25) is 0 Å². The van der Waals surface area contributed by atoms with Crippen molar-refractivity contribution in [1.82, 2.24) is 9.55 Å². The predicted octanol–water partition coefficient (Wildman–Crippen LogP) is 4.29. The highest BCUT2D eigenvalue weighted by Gasteiger charge is 2.11. The Morgan fingerprint density at radius 2 is 1.76 bits per heavy atom. The van der Waals surface area contributed by atoms with Gasteiger partial charge in [-0.25, -0.2) is 9.37 Å². The third-order valence-corrected chi connectivity index (χ3v) is 4.83. The summed E-state index contributed by atoms with van der Waals surface area (Å²) in [7, 11) is 1.55. The van der Waals surface area contributed by atoms with Crippen LogP contribution in [-0.2, 0) is 4.79 Å². The SMILES string of the molecule is COc1cccc(NC(=O)COc2ccc(C(=O)Nc3ccc(-n4ccnc4)c(F)c3)cc2)c1. The molecule has 0 saturated carbocycles. The van der Waals surface area contributed by atoms with Crippen molar-refractivity contribution in [2.45, 2.75) is 0 Å². The zero-order valence-electron chi connectivity index (χ0n) is 18.2. The first-order valence-electron chi connectivity index (χ1n) is 10.3. The molecule has 0 aliphatic rings. The van der Waals surface area contributed by atoms with Crippen molar-refractivity contribution in [1.29, 1.82) is 0 Å². The summed E-state index contributed by atoms with van der Waals surface area (Å²) in [5.41, 5.74) is 1.59. The highest BCUT2D eigenvalue weighted by Crippen LogP contribution is 2.20. The fraction of sp³-hybridized carbons (Fsp3) is 0.0800. The molecule has 0 radical (unpaired) electrons. The maximum Gasteiger partial charge on any atom is 0.262 e. The highest BCUT2D eigenvalue weighted by molar-refractivity contribution is 6.04. The number of rotatable bonds is 8. The average Bonchev–Trinajstić information content (AvgIpc) is 3.38. The molecule has 1 aromatic heterocycles. The fourth-order valence-corrected chi connectivity index (χ4v) is 3.15. The van der Waals surface area contributed by atoms with E-state index in [1.807, 2.05) is 0 Å². The minimum absolute atomic E-state index is 0.203. The van der Waals surface area contributed by atoms with E-state index in [-0.39, 0.29) is 12.5 Å². The third-order valence-electron chi connectivity index (χ3n) is 4.83. The number of nitrogens with one attached hydrogen (secondary N) is 2. The molecule has 2 N–H and O–H groups in total. The van der Waals surface area contributed by atoms with E-state index in [4.69, 9.17) is 9.47 Å². The van der Waals surface area contributed by atoms with Crippen molar-refractivity contribution in [3.8, 4) is 17.2 Å². The fourth-order valence-electron chi connectivity index (χ4n) is 3.15. The average molecular weight is 460 g/mol. The lowest BCUT2D eigenvalue weighted by molar-refractivity contribution is -0.118. The largest absolute Gasteiger partial charge is 0.497 e. The van der Waals surface area contributed by atoms with E-state index in [1.54, 1.807) is 80.2 Å². The van der Waals surface area contributed by atoms with Crippen LogP contribution in [-0.4, -0.2) is 35.1 Å². The van der Waals surface area contributed by atoms with Crippen LogP contribution in [0.25, 0.3) is 5.69 Å². The second-order valence-electron chi connectivity index (χ2n) is 7.18. The number of imidazole rings is 1. The lowest BCUT2D eigenvalue weighted by atomic mass is 10.2. The molecule has 0 saturated heterocycles. The highest BCUT2D eigenvalue weighted by atomic mass is 19.1. The number of ether oxygens (including phenoxy) is 2. The number of methoxy groups -OCH3 is 1.